The van der Waals surface area contributed by atoms with Gasteiger partial charge in [0, 0.05) is 29.9 Å². The maximum absolute atomic E-state index is 13.5. The summed E-state index contributed by atoms with van der Waals surface area (Å²) in [4.78, 5) is 24.1. The highest BCUT2D eigenvalue weighted by Crippen LogP contribution is 2.35. The molecule has 0 aliphatic carbocycles. The van der Waals surface area contributed by atoms with E-state index in [1.807, 2.05) is 74.6 Å². The van der Waals surface area contributed by atoms with Crippen LogP contribution in [0.25, 0.3) is 11.4 Å². The van der Waals surface area contributed by atoms with E-state index in [0.29, 0.717) is 17.9 Å². The largest absolute Gasteiger partial charge is 0.338 e. The quantitative estimate of drug-likeness (QED) is 0.552. The fourth-order valence-corrected chi connectivity index (χ4v) is 3.56. The maximum Gasteiger partial charge on any atom is 0.258 e. The number of nitrogens with zero attached hydrogens (tertiary/aromatic N) is 5. The number of hydrogen-bond donors (Lipinski definition) is 1. The number of fused-ring (bicyclic) bond motifs is 2. The van der Waals surface area contributed by atoms with Crippen molar-refractivity contribution in [1.29, 1.82) is 0 Å². The van der Waals surface area contributed by atoms with Crippen LogP contribution in [-0.4, -0.2) is 25.7 Å². The summed E-state index contributed by atoms with van der Waals surface area (Å²) in [6.45, 7) is 2.35. The van der Waals surface area contributed by atoms with Crippen molar-refractivity contribution in [3.63, 3.8) is 0 Å². The van der Waals surface area contributed by atoms with Crippen LogP contribution in [0.15, 0.2) is 66.9 Å². The molecule has 0 atom stereocenters. The van der Waals surface area contributed by atoms with Gasteiger partial charge in [-0.1, -0.05) is 30.3 Å². The van der Waals surface area contributed by atoms with E-state index < -0.39 is 0 Å². The molecule has 4 aromatic rings. The molecular formula is C23H20N6O. The minimum Gasteiger partial charge on any atom is -0.338 e. The van der Waals surface area contributed by atoms with Gasteiger partial charge in [-0.3, -0.25) is 9.48 Å². The molecule has 7 heteroatoms. The van der Waals surface area contributed by atoms with Gasteiger partial charge in [0.2, 0.25) is 0 Å². The van der Waals surface area contributed by atoms with Crippen LogP contribution in [-0.2, 0) is 13.6 Å². The zero-order valence-electron chi connectivity index (χ0n) is 16.7. The van der Waals surface area contributed by atoms with Gasteiger partial charge >= 0.3 is 0 Å². The molecule has 5 rings (SSSR count). The summed E-state index contributed by atoms with van der Waals surface area (Å²) >= 11 is 0. The molecule has 1 N–H and O–H groups in total. The molecule has 1 aliphatic rings. The van der Waals surface area contributed by atoms with Crippen molar-refractivity contribution in [1.82, 2.24) is 19.7 Å². The number of pyridine rings is 1. The van der Waals surface area contributed by atoms with Crippen LogP contribution >= 0.6 is 0 Å². The molecule has 0 radical (unpaired) electrons. The van der Waals surface area contributed by atoms with Gasteiger partial charge in [-0.2, -0.15) is 5.10 Å². The van der Waals surface area contributed by atoms with Crippen molar-refractivity contribution < 1.29 is 4.79 Å². The summed E-state index contributed by atoms with van der Waals surface area (Å²) in [7, 11) is 1.86. The molecule has 0 saturated carbocycles. The summed E-state index contributed by atoms with van der Waals surface area (Å²) in [5.41, 5.74) is 4.13. The molecule has 0 fully saturated rings. The number of benzene rings is 2. The lowest BCUT2D eigenvalue weighted by Crippen LogP contribution is -2.30. The Morgan fingerprint density at radius 1 is 1.03 bits per heavy atom. The third kappa shape index (κ3) is 3.10. The first-order chi connectivity index (χ1) is 14.6. The SMILES string of the molecule is Cc1nc(-c2ccc(C(=O)N3Cc4cccnc4Nc4ccccc43)cc2)nn1C. The molecule has 7 nitrogen and oxygen atoms in total. The monoisotopic (exact) mass is 396 g/mol. The third-order valence-corrected chi connectivity index (χ3v) is 5.28. The predicted molar refractivity (Wildman–Crippen MR) is 116 cm³/mol. The number of hydrogen-bond acceptors (Lipinski definition) is 5. The van der Waals surface area contributed by atoms with E-state index in [9.17, 15) is 4.79 Å². The standard InChI is InChI=1S/C23H20N6O/c1-15-25-22(27-28(15)2)16-9-11-17(12-10-16)23(30)29-14-18-6-5-13-24-21(18)26-19-7-3-4-8-20(19)29/h3-13H,14H2,1-2H3,(H,24,26). The van der Waals surface area contributed by atoms with E-state index in [2.05, 4.69) is 20.4 Å². The van der Waals surface area contributed by atoms with Crippen molar-refractivity contribution in [3.05, 3.63) is 83.8 Å². The molecule has 3 heterocycles. The minimum absolute atomic E-state index is 0.0716. The van der Waals surface area contributed by atoms with Gasteiger partial charge in [-0.05, 0) is 37.3 Å². The molecule has 30 heavy (non-hydrogen) atoms. The molecule has 0 saturated heterocycles. The molecule has 1 amide bonds. The minimum atomic E-state index is -0.0716. The van der Waals surface area contributed by atoms with Gasteiger partial charge < -0.3 is 10.2 Å². The average Bonchev–Trinajstić information content (AvgIpc) is 3.02. The third-order valence-electron chi connectivity index (χ3n) is 5.28. The Morgan fingerprint density at radius 2 is 1.83 bits per heavy atom. The van der Waals surface area contributed by atoms with E-state index in [4.69, 9.17) is 0 Å². The summed E-state index contributed by atoms with van der Waals surface area (Å²) < 4.78 is 1.74. The van der Waals surface area contributed by atoms with Gasteiger partial charge in [0.15, 0.2) is 5.82 Å². The van der Waals surface area contributed by atoms with Crippen LogP contribution < -0.4 is 10.2 Å². The summed E-state index contributed by atoms with van der Waals surface area (Å²) in [5, 5.41) is 7.76. The van der Waals surface area contributed by atoms with Crippen molar-refractivity contribution in [2.45, 2.75) is 13.5 Å². The molecule has 0 unspecified atom stereocenters. The fraction of sp³-hybridized carbons (Fsp3) is 0.130. The van der Waals surface area contributed by atoms with Crippen molar-refractivity contribution in [2.24, 2.45) is 7.05 Å². The summed E-state index contributed by atoms with van der Waals surface area (Å²) in [6.07, 6.45) is 1.75. The van der Waals surface area contributed by atoms with Gasteiger partial charge in [-0.25, -0.2) is 9.97 Å². The number of aryl methyl sites for hydroxylation is 2. The van der Waals surface area contributed by atoms with Crippen molar-refractivity contribution >= 4 is 23.1 Å². The van der Waals surface area contributed by atoms with Crippen LogP contribution in [0.5, 0.6) is 0 Å². The Balaban J connectivity index is 1.51. The Bertz CT molecular complexity index is 1230. The second-order valence-electron chi connectivity index (χ2n) is 7.23. The second kappa shape index (κ2) is 7.11. The van der Waals surface area contributed by atoms with Gasteiger partial charge in [0.25, 0.3) is 5.91 Å². The molecule has 148 valence electrons. The first kappa shape index (κ1) is 18.1. The smallest absolute Gasteiger partial charge is 0.258 e. The number of aromatic nitrogens is 4. The Hall–Kier alpha value is -4.00. The van der Waals surface area contributed by atoms with Crippen LogP contribution in [0.4, 0.5) is 17.2 Å². The number of para-hydroxylation sites is 2. The lowest BCUT2D eigenvalue weighted by atomic mass is 10.1. The van der Waals surface area contributed by atoms with Crippen molar-refractivity contribution in [2.75, 3.05) is 10.2 Å². The first-order valence-electron chi connectivity index (χ1n) is 9.70. The number of amides is 1. The number of nitrogens with one attached hydrogen (secondary N) is 1. The topological polar surface area (TPSA) is 75.9 Å². The van der Waals surface area contributed by atoms with Gasteiger partial charge in [-0.15, -0.1) is 0 Å². The van der Waals surface area contributed by atoms with E-state index in [0.717, 1.165) is 34.1 Å². The lowest BCUT2D eigenvalue weighted by molar-refractivity contribution is 0.0985. The number of carbonyl (C=O) groups is 1. The second-order valence-corrected chi connectivity index (χ2v) is 7.23. The molecule has 0 spiro atoms. The van der Waals surface area contributed by atoms with Crippen LogP contribution in [0.2, 0.25) is 0 Å². The highest BCUT2D eigenvalue weighted by atomic mass is 16.2. The predicted octanol–water partition coefficient (Wildman–Crippen LogP) is 4.09. The first-order valence-corrected chi connectivity index (χ1v) is 9.70. The van der Waals surface area contributed by atoms with Crippen molar-refractivity contribution in [3.8, 4) is 11.4 Å². The van der Waals surface area contributed by atoms with Crippen LogP contribution in [0.1, 0.15) is 21.7 Å². The maximum atomic E-state index is 13.5. The molecular weight excluding hydrogens is 376 g/mol. The average molecular weight is 396 g/mol. The lowest BCUT2D eigenvalue weighted by Gasteiger charge is -2.22. The van der Waals surface area contributed by atoms with Crippen LogP contribution in [0.3, 0.4) is 0 Å². The zero-order chi connectivity index (χ0) is 20.7. The van der Waals surface area contributed by atoms with Gasteiger partial charge in [0.1, 0.15) is 11.6 Å². The number of anilines is 3. The highest BCUT2D eigenvalue weighted by molar-refractivity contribution is 6.08. The molecule has 2 aromatic heterocycles. The highest BCUT2D eigenvalue weighted by Gasteiger charge is 2.25. The Morgan fingerprint density at radius 3 is 2.60 bits per heavy atom. The fourth-order valence-electron chi connectivity index (χ4n) is 3.56. The van der Waals surface area contributed by atoms with E-state index in [1.54, 1.807) is 15.8 Å². The molecule has 2 aromatic carbocycles. The van der Waals surface area contributed by atoms with Gasteiger partial charge in [0.05, 0.1) is 17.9 Å². The zero-order valence-corrected chi connectivity index (χ0v) is 16.7. The van der Waals surface area contributed by atoms with E-state index in [-0.39, 0.29) is 5.91 Å². The summed E-state index contributed by atoms with van der Waals surface area (Å²) in [5.74, 6) is 2.19. The van der Waals surface area contributed by atoms with Crippen LogP contribution in [0, 0.1) is 6.92 Å². The summed E-state index contributed by atoms with van der Waals surface area (Å²) in [6, 6.07) is 19.1. The molecule has 0 bridgehead atoms. The Kier molecular flexibility index (Phi) is 4.28. The number of carbonyl (C=O) groups excluding carboxylic acids is 1. The Labute approximate surface area is 174 Å². The van der Waals surface area contributed by atoms with E-state index >= 15 is 0 Å². The normalized spacial score (nSPS) is 12.5. The van der Waals surface area contributed by atoms with E-state index in [1.165, 1.54) is 0 Å². The number of rotatable bonds is 2. The molecule has 1 aliphatic heterocycles.